The van der Waals surface area contributed by atoms with E-state index in [-0.39, 0.29) is 21.9 Å². The second-order valence-electron chi connectivity index (χ2n) is 7.23. The average molecular weight is 554 g/mol. The van der Waals surface area contributed by atoms with Gasteiger partial charge in [-0.2, -0.15) is 13.5 Å². The molecule has 0 unspecified atom stereocenters. The van der Waals surface area contributed by atoms with Gasteiger partial charge < -0.3 is 4.18 Å². The number of nitro groups is 1. The Bertz CT molecular complexity index is 1570. The molecule has 0 saturated heterocycles. The van der Waals surface area contributed by atoms with Crippen molar-refractivity contribution < 1.29 is 22.3 Å². The highest BCUT2D eigenvalue weighted by Gasteiger charge is 2.20. The first-order valence-electron chi connectivity index (χ1n) is 10.0. The Kier molecular flexibility index (Phi) is 6.90. The van der Waals surface area contributed by atoms with E-state index in [1.807, 2.05) is 30.3 Å². The van der Waals surface area contributed by atoms with E-state index in [1.165, 1.54) is 12.3 Å². The topological polar surface area (TPSA) is 128 Å². The number of halogens is 1. The van der Waals surface area contributed by atoms with Crippen LogP contribution in [0.1, 0.15) is 15.9 Å². The molecule has 0 aliphatic heterocycles. The van der Waals surface area contributed by atoms with Gasteiger partial charge in [0.15, 0.2) is 5.75 Å². The van der Waals surface area contributed by atoms with Crippen LogP contribution < -0.4 is 9.61 Å². The fourth-order valence-electron chi connectivity index (χ4n) is 3.15. The highest BCUT2D eigenvalue weighted by Crippen LogP contribution is 2.26. The van der Waals surface area contributed by atoms with E-state index in [2.05, 4.69) is 26.5 Å². The van der Waals surface area contributed by atoms with E-state index in [0.717, 1.165) is 35.0 Å². The number of carbonyl (C=O) groups excluding carboxylic acids is 1. The van der Waals surface area contributed by atoms with E-state index in [0.29, 0.717) is 10.0 Å². The summed E-state index contributed by atoms with van der Waals surface area (Å²) in [6.07, 6.45) is 1.25. The zero-order chi connectivity index (χ0) is 25.0. The van der Waals surface area contributed by atoms with Crippen molar-refractivity contribution in [1.82, 2.24) is 5.43 Å². The lowest BCUT2D eigenvalue weighted by molar-refractivity contribution is -0.384. The molecule has 4 aromatic rings. The summed E-state index contributed by atoms with van der Waals surface area (Å²) in [5.41, 5.74) is 2.85. The van der Waals surface area contributed by atoms with Crippen molar-refractivity contribution in [2.75, 3.05) is 0 Å². The number of nitrogens with zero attached hydrogens (tertiary/aromatic N) is 2. The van der Waals surface area contributed by atoms with Gasteiger partial charge in [0.05, 0.1) is 11.1 Å². The lowest BCUT2D eigenvalue weighted by atomic mass is 10.1. The molecule has 0 radical (unpaired) electrons. The van der Waals surface area contributed by atoms with Gasteiger partial charge in [-0.1, -0.05) is 46.3 Å². The highest BCUT2D eigenvalue weighted by molar-refractivity contribution is 9.10. The van der Waals surface area contributed by atoms with Crippen molar-refractivity contribution >= 4 is 54.6 Å². The molecule has 0 saturated carbocycles. The molecular weight excluding hydrogens is 538 g/mol. The number of non-ortho nitro benzene ring substituents is 1. The van der Waals surface area contributed by atoms with Gasteiger partial charge in [0.25, 0.3) is 11.6 Å². The number of benzene rings is 4. The normalized spacial score (nSPS) is 11.5. The second kappa shape index (κ2) is 10.0. The standard InChI is InChI=1S/C24H16BrN3O6S/c25-20-7-12-23(34-35(32,33)22-10-8-21(9-11-22)28(30)31)19(14-20)15-26-27-24(29)18-6-5-16-3-1-2-4-17(16)13-18/h1-15H,(H,27,29). The number of fused-ring (bicyclic) bond motifs is 1. The number of amides is 1. The summed E-state index contributed by atoms with van der Waals surface area (Å²) in [5.74, 6) is -0.488. The summed E-state index contributed by atoms with van der Waals surface area (Å²) in [6.45, 7) is 0. The Labute approximate surface area is 208 Å². The Balaban J connectivity index is 1.52. The number of hydrazone groups is 1. The van der Waals surface area contributed by atoms with Crippen molar-refractivity contribution in [1.29, 1.82) is 0 Å². The maximum atomic E-state index is 12.7. The number of hydrogen-bond acceptors (Lipinski definition) is 7. The number of carbonyl (C=O) groups is 1. The van der Waals surface area contributed by atoms with Crippen molar-refractivity contribution in [3.05, 3.63) is 111 Å². The molecule has 11 heteroatoms. The first kappa shape index (κ1) is 24.0. The number of nitro benzene ring substituents is 1. The molecule has 0 atom stereocenters. The van der Waals surface area contributed by atoms with Crippen LogP contribution in [0.15, 0.2) is 99.4 Å². The third-order valence-corrected chi connectivity index (χ3v) is 6.63. The van der Waals surface area contributed by atoms with Gasteiger partial charge in [0, 0.05) is 27.7 Å². The molecule has 0 fully saturated rings. The molecule has 35 heavy (non-hydrogen) atoms. The second-order valence-corrected chi connectivity index (χ2v) is 9.69. The predicted octanol–water partition coefficient (Wildman–Crippen LogP) is 5.04. The van der Waals surface area contributed by atoms with Crippen LogP contribution in [0, 0.1) is 10.1 Å². The van der Waals surface area contributed by atoms with Crippen LogP contribution >= 0.6 is 15.9 Å². The molecule has 1 N–H and O–H groups in total. The van der Waals surface area contributed by atoms with Crippen molar-refractivity contribution in [3.8, 4) is 5.75 Å². The SMILES string of the molecule is O=C(NN=Cc1cc(Br)ccc1OS(=O)(=O)c1ccc([N+](=O)[O-])cc1)c1ccc2ccccc2c1. The predicted molar refractivity (Wildman–Crippen MR) is 134 cm³/mol. The van der Waals surface area contributed by atoms with Gasteiger partial charge in [-0.3, -0.25) is 14.9 Å². The molecular formula is C24H16BrN3O6S. The van der Waals surface area contributed by atoms with Crippen LogP contribution in [0.4, 0.5) is 5.69 Å². The minimum atomic E-state index is -4.28. The average Bonchev–Trinajstić information content (AvgIpc) is 2.85. The molecule has 0 bridgehead atoms. The quantitative estimate of drug-likeness (QED) is 0.148. The molecule has 0 spiro atoms. The minimum Gasteiger partial charge on any atom is -0.378 e. The largest absolute Gasteiger partial charge is 0.378 e. The Morgan fingerprint density at radius 3 is 2.40 bits per heavy atom. The van der Waals surface area contributed by atoms with Crippen molar-refractivity contribution in [2.45, 2.75) is 4.90 Å². The number of nitrogens with one attached hydrogen (secondary N) is 1. The first-order valence-corrected chi connectivity index (χ1v) is 12.2. The molecule has 9 nitrogen and oxygen atoms in total. The zero-order valence-corrected chi connectivity index (χ0v) is 20.2. The molecule has 4 aromatic carbocycles. The molecule has 1 amide bonds. The molecule has 4 rings (SSSR count). The Morgan fingerprint density at radius 1 is 0.971 bits per heavy atom. The van der Waals surface area contributed by atoms with Crippen LogP contribution in [0.3, 0.4) is 0 Å². The highest BCUT2D eigenvalue weighted by atomic mass is 79.9. The van der Waals surface area contributed by atoms with E-state index in [4.69, 9.17) is 4.18 Å². The van der Waals surface area contributed by atoms with Crippen molar-refractivity contribution in [2.24, 2.45) is 5.10 Å². The van der Waals surface area contributed by atoms with Crippen LogP contribution in [-0.2, 0) is 10.1 Å². The van der Waals surface area contributed by atoms with Crippen LogP contribution in [0.5, 0.6) is 5.75 Å². The molecule has 0 aromatic heterocycles. The summed E-state index contributed by atoms with van der Waals surface area (Å²) in [5, 5.41) is 16.6. The fourth-order valence-corrected chi connectivity index (χ4v) is 4.49. The fraction of sp³-hybridized carbons (Fsp3) is 0. The summed E-state index contributed by atoms with van der Waals surface area (Å²) in [4.78, 5) is 22.4. The van der Waals surface area contributed by atoms with Gasteiger partial charge in [0.1, 0.15) is 4.90 Å². The number of rotatable bonds is 7. The van der Waals surface area contributed by atoms with E-state index in [1.54, 1.807) is 24.3 Å². The maximum Gasteiger partial charge on any atom is 0.339 e. The van der Waals surface area contributed by atoms with Gasteiger partial charge in [0.2, 0.25) is 0 Å². The summed E-state index contributed by atoms with van der Waals surface area (Å²) >= 11 is 3.31. The zero-order valence-electron chi connectivity index (χ0n) is 17.8. The van der Waals surface area contributed by atoms with E-state index in [9.17, 15) is 23.3 Å². The molecule has 0 aliphatic rings. The van der Waals surface area contributed by atoms with Gasteiger partial charge >= 0.3 is 10.1 Å². The monoisotopic (exact) mass is 553 g/mol. The maximum absolute atomic E-state index is 12.7. The Hall–Kier alpha value is -4.09. The Morgan fingerprint density at radius 2 is 1.69 bits per heavy atom. The summed E-state index contributed by atoms with van der Waals surface area (Å²) in [7, 11) is -4.28. The molecule has 0 aliphatic carbocycles. The molecule has 176 valence electrons. The van der Waals surface area contributed by atoms with Crippen molar-refractivity contribution in [3.63, 3.8) is 0 Å². The van der Waals surface area contributed by atoms with Gasteiger partial charge in [-0.05, 0) is 53.2 Å². The third-order valence-electron chi connectivity index (χ3n) is 4.89. The lowest BCUT2D eigenvalue weighted by Gasteiger charge is -2.10. The lowest BCUT2D eigenvalue weighted by Crippen LogP contribution is -2.17. The third kappa shape index (κ3) is 5.70. The summed E-state index contributed by atoms with van der Waals surface area (Å²) in [6, 6.07) is 21.7. The van der Waals surface area contributed by atoms with Gasteiger partial charge in [-0.25, -0.2) is 5.43 Å². The minimum absolute atomic E-state index is 0.0461. The first-order chi connectivity index (χ1) is 16.7. The number of hydrogen-bond donors (Lipinski definition) is 1. The molecule has 0 heterocycles. The van der Waals surface area contributed by atoms with Crippen LogP contribution in [0.2, 0.25) is 0 Å². The smallest absolute Gasteiger partial charge is 0.339 e. The van der Waals surface area contributed by atoms with E-state index >= 15 is 0 Å². The van der Waals surface area contributed by atoms with Crippen LogP contribution in [-0.4, -0.2) is 25.5 Å². The summed E-state index contributed by atoms with van der Waals surface area (Å²) < 4.78 is 31.2. The van der Waals surface area contributed by atoms with Gasteiger partial charge in [-0.15, -0.1) is 0 Å². The van der Waals surface area contributed by atoms with Crippen LogP contribution in [0.25, 0.3) is 10.8 Å². The van der Waals surface area contributed by atoms with E-state index < -0.39 is 20.9 Å².